The summed E-state index contributed by atoms with van der Waals surface area (Å²) in [5.41, 5.74) is 2.73. The molecule has 0 bridgehead atoms. The van der Waals surface area contributed by atoms with Crippen LogP contribution in [0.5, 0.6) is 5.75 Å². The number of nitrogens with one attached hydrogen (secondary N) is 2. The van der Waals surface area contributed by atoms with Gasteiger partial charge in [0.25, 0.3) is 0 Å². The minimum absolute atomic E-state index is 0.0505. The quantitative estimate of drug-likeness (QED) is 0.0546. The second-order valence-electron chi connectivity index (χ2n) is 11.5. The van der Waals surface area contributed by atoms with Crippen molar-refractivity contribution < 1.29 is 38.1 Å². The Balaban J connectivity index is 1.40. The third-order valence-electron chi connectivity index (χ3n) is 7.81. The molecule has 50 heavy (non-hydrogen) atoms. The van der Waals surface area contributed by atoms with Crippen molar-refractivity contribution in [3.8, 4) is 5.75 Å². The molecule has 3 rings (SSSR count). The second kappa shape index (κ2) is 21.7. The number of pyridine rings is 1. The first kappa shape index (κ1) is 40.1. The fourth-order valence-electron chi connectivity index (χ4n) is 5.38. The minimum atomic E-state index is -0.856. The lowest BCUT2D eigenvalue weighted by molar-refractivity contribution is -0.144. The summed E-state index contributed by atoms with van der Waals surface area (Å²) in [5.74, 6) is -0.00792. The number of aromatic nitrogens is 1. The number of carbonyl (C=O) groups is 4. The molecule has 2 aromatic carbocycles. The smallest absolute Gasteiger partial charge is 0.419 e. The summed E-state index contributed by atoms with van der Waals surface area (Å²) in [7, 11) is 1.65. The molecule has 0 unspecified atom stereocenters. The summed E-state index contributed by atoms with van der Waals surface area (Å²) >= 11 is 6.25. The van der Waals surface area contributed by atoms with E-state index in [9.17, 15) is 19.2 Å². The first-order chi connectivity index (χ1) is 24.2. The zero-order chi connectivity index (χ0) is 36.3. The van der Waals surface area contributed by atoms with Crippen LogP contribution in [0.25, 0.3) is 21.8 Å². The molecule has 0 saturated heterocycles. The summed E-state index contributed by atoms with van der Waals surface area (Å²) in [5, 5.41) is 9.19. The average molecular weight is 716 g/mol. The fourth-order valence-corrected chi connectivity index (χ4v) is 5.54. The van der Waals surface area contributed by atoms with Crippen molar-refractivity contribution in [1.82, 2.24) is 20.1 Å². The van der Waals surface area contributed by atoms with Crippen LogP contribution in [-0.2, 0) is 23.8 Å². The summed E-state index contributed by atoms with van der Waals surface area (Å²) in [6.45, 7) is 6.25. The van der Waals surface area contributed by atoms with E-state index in [0.717, 1.165) is 83.2 Å². The number of amides is 3. The maximum atomic E-state index is 12.7. The van der Waals surface area contributed by atoms with E-state index >= 15 is 0 Å². The van der Waals surface area contributed by atoms with Crippen LogP contribution < -0.4 is 15.4 Å². The van der Waals surface area contributed by atoms with Crippen LogP contribution in [0.1, 0.15) is 59.3 Å². The second-order valence-corrected chi connectivity index (χ2v) is 11.9. The van der Waals surface area contributed by atoms with Crippen molar-refractivity contribution in [3.63, 3.8) is 0 Å². The molecule has 0 aliphatic heterocycles. The van der Waals surface area contributed by atoms with Crippen LogP contribution in [0.2, 0.25) is 5.02 Å². The van der Waals surface area contributed by atoms with Gasteiger partial charge in [-0.1, -0.05) is 37.3 Å². The number of benzene rings is 2. The highest BCUT2D eigenvalue weighted by atomic mass is 35.5. The Bertz CT molecular complexity index is 1550. The fraction of sp³-hybridized carbons (Fsp3) is 0.528. The van der Waals surface area contributed by atoms with E-state index in [2.05, 4.69) is 10.6 Å². The molecule has 2 N–H and O–H groups in total. The lowest BCUT2D eigenvalue weighted by Crippen LogP contribution is -2.46. The van der Waals surface area contributed by atoms with Crippen molar-refractivity contribution in [3.05, 3.63) is 41.4 Å². The van der Waals surface area contributed by atoms with Gasteiger partial charge in [0.1, 0.15) is 5.75 Å². The number of carbonyl (C=O) groups excluding carboxylic acids is 4. The van der Waals surface area contributed by atoms with Gasteiger partial charge >= 0.3 is 18.2 Å². The van der Waals surface area contributed by atoms with Gasteiger partial charge in [-0.25, -0.2) is 19.5 Å². The molecular formula is C36H50ClN5O8. The minimum Gasteiger partial charge on any atom is -0.497 e. The zero-order valence-corrected chi connectivity index (χ0v) is 30.3. The first-order valence-corrected chi connectivity index (χ1v) is 17.6. The van der Waals surface area contributed by atoms with Gasteiger partial charge in [0, 0.05) is 42.0 Å². The molecule has 1 aromatic heterocycles. The van der Waals surface area contributed by atoms with Gasteiger partial charge in [-0.3, -0.25) is 14.5 Å². The van der Waals surface area contributed by atoms with Crippen LogP contribution in [0.15, 0.2) is 36.4 Å². The lowest BCUT2D eigenvalue weighted by Gasteiger charge is -2.25. The Labute approximate surface area is 298 Å². The number of fused-ring (bicyclic) bond motifs is 2. The highest BCUT2D eigenvalue weighted by Gasteiger charge is 2.26. The van der Waals surface area contributed by atoms with Gasteiger partial charge in [0.15, 0.2) is 0 Å². The molecule has 0 radical (unpaired) electrons. The van der Waals surface area contributed by atoms with Crippen molar-refractivity contribution in [2.45, 2.75) is 59.3 Å². The topological polar surface area (TPSA) is 149 Å². The van der Waals surface area contributed by atoms with Crippen LogP contribution in [0.3, 0.4) is 0 Å². The molecule has 1 heterocycles. The number of ether oxygens (including phenoxy) is 4. The predicted octanol–water partition coefficient (Wildman–Crippen LogP) is 6.40. The van der Waals surface area contributed by atoms with E-state index in [0.29, 0.717) is 11.6 Å². The number of hydrogen-bond acceptors (Lipinski definition) is 11. The largest absolute Gasteiger partial charge is 0.497 e. The van der Waals surface area contributed by atoms with Gasteiger partial charge in [0.2, 0.25) is 5.91 Å². The molecule has 14 heteroatoms. The maximum Gasteiger partial charge on any atom is 0.419 e. The third kappa shape index (κ3) is 12.8. The van der Waals surface area contributed by atoms with Crippen molar-refractivity contribution >= 4 is 63.2 Å². The van der Waals surface area contributed by atoms with E-state index in [1.54, 1.807) is 27.9 Å². The van der Waals surface area contributed by atoms with Gasteiger partial charge in [0.05, 0.1) is 56.7 Å². The highest BCUT2D eigenvalue weighted by molar-refractivity contribution is 6.31. The Hall–Kier alpha value is -4.36. The molecule has 3 aromatic rings. The monoisotopic (exact) mass is 715 g/mol. The zero-order valence-electron chi connectivity index (χ0n) is 29.6. The van der Waals surface area contributed by atoms with Gasteiger partial charge in [-0.05, 0) is 70.0 Å². The molecule has 0 atom stereocenters. The number of hydrogen-bond donors (Lipinski definition) is 2. The molecule has 0 aliphatic rings. The van der Waals surface area contributed by atoms with Crippen molar-refractivity contribution in [1.29, 1.82) is 0 Å². The third-order valence-corrected chi connectivity index (χ3v) is 8.05. The van der Waals surface area contributed by atoms with Crippen LogP contribution in [-0.4, -0.2) is 105 Å². The summed E-state index contributed by atoms with van der Waals surface area (Å²) < 4.78 is 20.4. The predicted molar refractivity (Wildman–Crippen MR) is 194 cm³/mol. The highest BCUT2D eigenvalue weighted by Crippen LogP contribution is 2.34. The Morgan fingerprint density at radius 2 is 1.40 bits per heavy atom. The number of unbranched alkanes of at least 4 members (excludes halogenated alkanes) is 5. The molecule has 274 valence electrons. The molecule has 0 spiro atoms. The van der Waals surface area contributed by atoms with Gasteiger partial charge in [-0.15, -0.1) is 0 Å². The average Bonchev–Trinajstić information content (AvgIpc) is 3.08. The maximum absolute atomic E-state index is 12.7. The summed E-state index contributed by atoms with van der Waals surface area (Å²) in [6, 6.07) is 11.6. The SMILES string of the molecule is CCOC(=O)CN(CCN(C(=O)OCC)C(=O)OCC)CC(=O)NCCCCCCCCNc1c2ccc(Cl)cc2nc2ccc(OC)cc12. The van der Waals surface area contributed by atoms with Gasteiger partial charge in [-0.2, -0.15) is 0 Å². The van der Waals surface area contributed by atoms with Crippen LogP contribution in [0, 0.1) is 0 Å². The van der Waals surface area contributed by atoms with Crippen LogP contribution in [0.4, 0.5) is 15.3 Å². The summed E-state index contributed by atoms with van der Waals surface area (Å²) in [6.07, 6.45) is 4.25. The van der Waals surface area contributed by atoms with E-state index < -0.39 is 18.2 Å². The molecule has 0 fully saturated rings. The Kier molecular flexibility index (Phi) is 17.4. The molecule has 0 aliphatic carbocycles. The van der Waals surface area contributed by atoms with E-state index in [1.807, 2.05) is 36.4 Å². The number of rotatable bonds is 21. The molecule has 3 amide bonds. The first-order valence-electron chi connectivity index (χ1n) is 17.3. The van der Waals surface area contributed by atoms with E-state index in [-0.39, 0.29) is 51.9 Å². The standard InChI is InChI=1S/C36H50ClN5O8/c1-5-48-33(44)25-41(20-21-42(35(45)49-6-2)36(46)50-7-3)24-32(43)38-18-12-10-8-9-11-13-19-39-34-28-16-14-26(37)22-31(28)40-30-17-15-27(47-4)23-29(30)34/h14-17,22-23H,5-13,18-21,24-25H2,1-4H3,(H,38,43)(H,39,40). The number of halogens is 1. The molecule has 0 saturated carbocycles. The number of anilines is 1. The number of nitrogens with zero attached hydrogens (tertiary/aromatic N) is 3. The van der Waals surface area contributed by atoms with Crippen LogP contribution >= 0.6 is 11.6 Å². The molecule has 13 nitrogen and oxygen atoms in total. The lowest BCUT2D eigenvalue weighted by atomic mass is 10.1. The van der Waals surface area contributed by atoms with Gasteiger partial charge < -0.3 is 29.6 Å². The number of imide groups is 1. The number of esters is 1. The van der Waals surface area contributed by atoms with Crippen molar-refractivity contribution in [2.75, 3.05) is 71.5 Å². The Morgan fingerprint density at radius 1 is 0.740 bits per heavy atom. The van der Waals surface area contributed by atoms with E-state index in [1.165, 1.54) is 4.90 Å². The molecular weight excluding hydrogens is 666 g/mol. The normalized spacial score (nSPS) is 11.0. The summed E-state index contributed by atoms with van der Waals surface area (Å²) in [4.78, 5) is 56.6. The van der Waals surface area contributed by atoms with E-state index in [4.69, 9.17) is 35.5 Å². The number of methoxy groups -OCH3 is 1. The van der Waals surface area contributed by atoms with Crippen molar-refractivity contribution in [2.24, 2.45) is 0 Å². The Morgan fingerprint density at radius 3 is 2.06 bits per heavy atom.